The molecule has 0 radical (unpaired) electrons. The summed E-state index contributed by atoms with van der Waals surface area (Å²) in [5, 5.41) is 6.73. The van der Waals surface area contributed by atoms with E-state index in [2.05, 4.69) is 20.1 Å². The van der Waals surface area contributed by atoms with Crippen LogP contribution in [0.5, 0.6) is 0 Å². The first-order valence-corrected chi connectivity index (χ1v) is 10.8. The van der Waals surface area contributed by atoms with Crippen LogP contribution in [0.25, 0.3) is 16.8 Å². The van der Waals surface area contributed by atoms with E-state index in [1.54, 1.807) is 30.5 Å². The van der Waals surface area contributed by atoms with Crippen molar-refractivity contribution in [3.05, 3.63) is 82.3 Å². The molecule has 2 aromatic heterocycles. The summed E-state index contributed by atoms with van der Waals surface area (Å²) in [7, 11) is 1.33. The fourth-order valence-electron chi connectivity index (χ4n) is 3.56. The third kappa shape index (κ3) is 4.84. The molecule has 0 atom stereocenters. The predicted octanol–water partition coefficient (Wildman–Crippen LogP) is 3.92. The highest BCUT2D eigenvalue weighted by Crippen LogP contribution is 2.30. The largest absolute Gasteiger partial charge is 0.465 e. The highest BCUT2D eigenvalue weighted by molar-refractivity contribution is 6.34. The second-order valence-corrected chi connectivity index (χ2v) is 7.93. The summed E-state index contributed by atoms with van der Waals surface area (Å²) >= 11 is 6.16. The maximum absolute atomic E-state index is 15.3. The first-order valence-electron chi connectivity index (χ1n) is 10.4. The zero-order valence-corrected chi connectivity index (χ0v) is 19.0. The number of methoxy groups -OCH3 is 1. The van der Waals surface area contributed by atoms with E-state index in [0.29, 0.717) is 36.2 Å². The van der Waals surface area contributed by atoms with E-state index in [0.717, 1.165) is 5.56 Å². The van der Waals surface area contributed by atoms with Crippen molar-refractivity contribution in [3.8, 4) is 11.1 Å². The van der Waals surface area contributed by atoms with Crippen LogP contribution in [-0.4, -0.2) is 40.1 Å². The Morgan fingerprint density at radius 2 is 1.94 bits per heavy atom. The van der Waals surface area contributed by atoms with Gasteiger partial charge >= 0.3 is 5.97 Å². The van der Waals surface area contributed by atoms with Gasteiger partial charge in [-0.2, -0.15) is 4.98 Å². The lowest BCUT2D eigenvalue weighted by Gasteiger charge is -2.11. The fraction of sp³-hybridized carbons (Fsp3) is 0.167. The molecule has 1 amide bonds. The number of carbonyl (C=O) groups is 2. The van der Waals surface area contributed by atoms with Gasteiger partial charge in [-0.3, -0.25) is 4.79 Å². The number of nitrogens with zero attached hydrogens (tertiary/aromatic N) is 3. The third-order valence-electron chi connectivity index (χ3n) is 5.29. The molecule has 4 aromatic rings. The molecule has 0 bridgehead atoms. The molecule has 174 valence electrons. The summed E-state index contributed by atoms with van der Waals surface area (Å²) in [4.78, 5) is 28.3. The number of aryl methyl sites for hydroxylation is 1. The van der Waals surface area contributed by atoms with Crippen molar-refractivity contribution >= 4 is 35.1 Å². The first kappa shape index (κ1) is 23.2. The normalized spacial score (nSPS) is 10.9. The summed E-state index contributed by atoms with van der Waals surface area (Å²) in [5.41, 5.74) is 8.03. The molecule has 34 heavy (non-hydrogen) atoms. The van der Waals surface area contributed by atoms with Crippen molar-refractivity contribution in [2.75, 3.05) is 19.4 Å². The number of benzene rings is 2. The lowest BCUT2D eigenvalue weighted by Crippen LogP contribution is -2.26. The molecule has 0 saturated carbocycles. The molecule has 0 spiro atoms. The maximum Gasteiger partial charge on any atom is 0.337 e. The Hall–Kier alpha value is -3.98. The van der Waals surface area contributed by atoms with Gasteiger partial charge in [-0.1, -0.05) is 23.7 Å². The van der Waals surface area contributed by atoms with Gasteiger partial charge in [0.1, 0.15) is 5.82 Å². The van der Waals surface area contributed by atoms with Gasteiger partial charge in [0.15, 0.2) is 5.65 Å². The van der Waals surface area contributed by atoms with E-state index in [9.17, 15) is 9.59 Å². The Morgan fingerprint density at radius 1 is 1.18 bits per heavy atom. The van der Waals surface area contributed by atoms with E-state index in [1.165, 1.54) is 23.8 Å². The van der Waals surface area contributed by atoms with Crippen molar-refractivity contribution in [2.45, 2.75) is 12.8 Å². The summed E-state index contributed by atoms with van der Waals surface area (Å²) in [6.45, 7) is 0.322. The number of ether oxygens (including phenoxy) is 1. The van der Waals surface area contributed by atoms with Gasteiger partial charge in [-0.05, 0) is 60.4 Å². The lowest BCUT2D eigenvalue weighted by molar-refractivity contribution is 0.0600. The topological polar surface area (TPSA) is 112 Å². The molecule has 0 aliphatic carbocycles. The highest BCUT2D eigenvalue weighted by Gasteiger charge is 2.20. The van der Waals surface area contributed by atoms with Crippen molar-refractivity contribution in [1.29, 1.82) is 0 Å². The van der Waals surface area contributed by atoms with Crippen LogP contribution in [0.3, 0.4) is 0 Å². The van der Waals surface area contributed by atoms with Gasteiger partial charge < -0.3 is 15.8 Å². The minimum Gasteiger partial charge on any atom is -0.465 e. The van der Waals surface area contributed by atoms with Crippen LogP contribution >= 0.6 is 11.6 Å². The Morgan fingerprint density at radius 3 is 2.68 bits per heavy atom. The Labute approximate surface area is 199 Å². The SMILES string of the molecule is COC(=O)c1ccc(CCCNC(=O)c2c(Cl)ccc(-c3ccn4nc(N)nc4c3)c2F)cc1. The molecule has 4 rings (SSSR count). The van der Waals surface area contributed by atoms with Crippen molar-refractivity contribution in [1.82, 2.24) is 19.9 Å². The van der Waals surface area contributed by atoms with E-state index < -0.39 is 17.7 Å². The van der Waals surface area contributed by atoms with Crippen molar-refractivity contribution in [2.24, 2.45) is 0 Å². The maximum atomic E-state index is 15.3. The van der Waals surface area contributed by atoms with Crippen LogP contribution in [0.1, 0.15) is 32.7 Å². The molecule has 0 saturated heterocycles. The summed E-state index contributed by atoms with van der Waals surface area (Å²) < 4.78 is 21.5. The zero-order valence-electron chi connectivity index (χ0n) is 18.2. The molecule has 0 aliphatic rings. The second kappa shape index (κ2) is 9.88. The van der Waals surface area contributed by atoms with E-state index >= 15 is 4.39 Å². The third-order valence-corrected chi connectivity index (χ3v) is 5.60. The van der Waals surface area contributed by atoms with Gasteiger partial charge in [0.05, 0.1) is 23.3 Å². The summed E-state index contributed by atoms with van der Waals surface area (Å²) in [6, 6.07) is 13.3. The number of anilines is 1. The van der Waals surface area contributed by atoms with Crippen LogP contribution in [0.2, 0.25) is 5.02 Å². The number of rotatable bonds is 7. The molecule has 0 aliphatic heterocycles. The summed E-state index contributed by atoms with van der Waals surface area (Å²) in [5.74, 6) is -1.61. The van der Waals surface area contributed by atoms with Crippen LogP contribution in [0.4, 0.5) is 10.3 Å². The Bertz CT molecular complexity index is 1370. The summed E-state index contributed by atoms with van der Waals surface area (Å²) in [6.07, 6.45) is 2.90. The van der Waals surface area contributed by atoms with Gasteiger partial charge in [-0.25, -0.2) is 13.7 Å². The number of aromatic nitrogens is 3. The van der Waals surface area contributed by atoms with Gasteiger partial charge in [0.25, 0.3) is 5.91 Å². The Kier molecular flexibility index (Phi) is 6.74. The fourth-order valence-corrected chi connectivity index (χ4v) is 3.79. The molecule has 2 aromatic carbocycles. The number of amides is 1. The number of halogens is 2. The molecular formula is C24H21ClFN5O3. The molecular weight excluding hydrogens is 461 g/mol. The van der Waals surface area contributed by atoms with Crippen molar-refractivity contribution in [3.63, 3.8) is 0 Å². The number of hydrogen-bond acceptors (Lipinski definition) is 6. The Balaban J connectivity index is 1.43. The van der Waals surface area contributed by atoms with Gasteiger partial charge in [0.2, 0.25) is 5.95 Å². The molecule has 10 heteroatoms. The quantitative estimate of drug-likeness (QED) is 0.305. The molecule has 0 unspecified atom stereocenters. The number of nitrogens with one attached hydrogen (secondary N) is 1. The van der Waals surface area contributed by atoms with Crippen LogP contribution < -0.4 is 11.1 Å². The lowest BCUT2D eigenvalue weighted by atomic mass is 10.0. The number of fused-ring (bicyclic) bond motifs is 1. The molecule has 2 heterocycles. The predicted molar refractivity (Wildman–Crippen MR) is 126 cm³/mol. The smallest absolute Gasteiger partial charge is 0.337 e. The standard InChI is InChI=1S/C24H21ClFN5O3/c1-34-23(33)15-6-4-14(5-7-15)3-2-11-28-22(32)20-18(25)9-8-17(21(20)26)16-10-12-31-19(13-16)29-24(27)30-31/h4-10,12-13H,2-3,11H2,1H3,(H2,27,30)(H,28,32). The van der Waals surface area contributed by atoms with E-state index in [1.807, 2.05) is 12.1 Å². The second-order valence-electron chi connectivity index (χ2n) is 7.52. The van der Waals surface area contributed by atoms with Crippen molar-refractivity contribution < 1.29 is 18.7 Å². The number of carbonyl (C=O) groups excluding carboxylic acids is 2. The zero-order chi connectivity index (χ0) is 24.2. The molecule has 8 nitrogen and oxygen atoms in total. The number of esters is 1. The number of hydrogen-bond donors (Lipinski definition) is 2. The average Bonchev–Trinajstić information content (AvgIpc) is 3.21. The number of nitrogen functional groups attached to an aromatic ring is 1. The van der Waals surface area contributed by atoms with Gasteiger partial charge in [-0.15, -0.1) is 5.10 Å². The van der Waals surface area contributed by atoms with Gasteiger partial charge in [0, 0.05) is 18.3 Å². The van der Waals surface area contributed by atoms with Crippen LogP contribution in [0.15, 0.2) is 54.7 Å². The van der Waals surface area contributed by atoms with Crippen LogP contribution in [0, 0.1) is 5.82 Å². The first-order chi connectivity index (χ1) is 16.4. The minimum absolute atomic E-state index is 0.0185. The molecule has 3 N–H and O–H groups in total. The van der Waals surface area contributed by atoms with E-state index in [4.69, 9.17) is 17.3 Å². The minimum atomic E-state index is -0.722. The average molecular weight is 482 g/mol. The van der Waals surface area contributed by atoms with E-state index in [-0.39, 0.29) is 22.1 Å². The number of nitrogens with two attached hydrogens (primary N) is 1. The van der Waals surface area contributed by atoms with Crippen LogP contribution in [-0.2, 0) is 11.2 Å². The monoisotopic (exact) mass is 481 g/mol. The molecule has 0 fully saturated rings. The number of pyridine rings is 1. The highest BCUT2D eigenvalue weighted by atomic mass is 35.5.